The maximum absolute atomic E-state index is 3.48. The van der Waals surface area contributed by atoms with Crippen molar-refractivity contribution in [2.24, 2.45) is 5.41 Å². The smallest absolute Gasteiger partial charge is 0.0260 e. The van der Waals surface area contributed by atoms with Crippen molar-refractivity contribution < 1.29 is 0 Å². The van der Waals surface area contributed by atoms with Crippen molar-refractivity contribution in [3.63, 3.8) is 0 Å². The second-order valence-corrected chi connectivity index (χ2v) is 5.75. The van der Waals surface area contributed by atoms with Gasteiger partial charge < -0.3 is 5.32 Å². The molecule has 1 heterocycles. The van der Waals surface area contributed by atoms with E-state index in [-0.39, 0.29) is 0 Å². The number of rotatable bonds is 1. The summed E-state index contributed by atoms with van der Waals surface area (Å²) in [5.74, 6) is 0. The standard InChI is InChI=1S/C11H22N2/c1-10(2,3)13-7-9(12-4)11(8-13)5-6-11/h9,12H,5-8H2,1-4H3/t9-/m0/s1. The number of likely N-dealkylation sites (N-methyl/N-ethyl adjacent to an activating group) is 1. The second-order valence-electron chi connectivity index (χ2n) is 5.75. The Hall–Kier alpha value is -0.0800. The Kier molecular flexibility index (Phi) is 1.97. The monoisotopic (exact) mass is 182 g/mol. The Balaban J connectivity index is 2.06. The minimum atomic E-state index is 0.348. The van der Waals surface area contributed by atoms with Crippen molar-refractivity contribution in [3.8, 4) is 0 Å². The van der Waals surface area contributed by atoms with Crippen molar-refractivity contribution in [1.82, 2.24) is 10.2 Å². The summed E-state index contributed by atoms with van der Waals surface area (Å²) in [6.45, 7) is 9.51. The van der Waals surface area contributed by atoms with E-state index in [0.717, 1.165) is 6.04 Å². The van der Waals surface area contributed by atoms with E-state index in [0.29, 0.717) is 11.0 Å². The van der Waals surface area contributed by atoms with Gasteiger partial charge in [0.05, 0.1) is 0 Å². The summed E-state index contributed by atoms with van der Waals surface area (Å²) >= 11 is 0. The summed E-state index contributed by atoms with van der Waals surface area (Å²) in [4.78, 5) is 2.63. The molecule has 1 saturated heterocycles. The van der Waals surface area contributed by atoms with Crippen LogP contribution in [0, 0.1) is 5.41 Å². The third kappa shape index (κ3) is 1.50. The van der Waals surface area contributed by atoms with Crippen molar-refractivity contribution in [3.05, 3.63) is 0 Å². The lowest BCUT2D eigenvalue weighted by Crippen LogP contribution is -2.41. The van der Waals surface area contributed by atoms with E-state index in [2.05, 4.69) is 38.0 Å². The van der Waals surface area contributed by atoms with E-state index in [4.69, 9.17) is 0 Å². The zero-order valence-corrected chi connectivity index (χ0v) is 9.35. The lowest BCUT2D eigenvalue weighted by atomic mass is 10.0. The van der Waals surface area contributed by atoms with Gasteiger partial charge in [-0.05, 0) is 46.1 Å². The highest BCUT2D eigenvalue weighted by atomic mass is 15.3. The molecule has 2 fully saturated rings. The number of nitrogens with zero attached hydrogens (tertiary/aromatic N) is 1. The molecule has 0 bridgehead atoms. The zero-order valence-electron chi connectivity index (χ0n) is 9.35. The summed E-state index contributed by atoms with van der Waals surface area (Å²) < 4.78 is 0. The predicted octanol–water partition coefficient (Wildman–Crippen LogP) is 1.47. The van der Waals surface area contributed by atoms with Crippen LogP contribution in [0.2, 0.25) is 0 Å². The summed E-state index contributed by atoms with van der Waals surface area (Å²) in [7, 11) is 2.11. The molecule has 2 rings (SSSR count). The van der Waals surface area contributed by atoms with E-state index in [1.165, 1.54) is 25.9 Å². The largest absolute Gasteiger partial charge is 0.315 e. The van der Waals surface area contributed by atoms with Crippen molar-refractivity contribution in [2.45, 2.75) is 45.2 Å². The Labute approximate surface area is 81.7 Å². The van der Waals surface area contributed by atoms with Gasteiger partial charge in [-0.15, -0.1) is 0 Å². The zero-order chi connectivity index (χ0) is 9.69. The minimum Gasteiger partial charge on any atom is -0.315 e. The molecule has 2 heteroatoms. The van der Waals surface area contributed by atoms with Crippen LogP contribution in [-0.4, -0.2) is 36.6 Å². The highest BCUT2D eigenvalue weighted by Gasteiger charge is 2.55. The van der Waals surface area contributed by atoms with Crippen LogP contribution in [0.1, 0.15) is 33.6 Å². The first kappa shape index (κ1) is 9.47. The number of nitrogens with one attached hydrogen (secondary N) is 1. The number of hydrogen-bond donors (Lipinski definition) is 1. The number of hydrogen-bond acceptors (Lipinski definition) is 2. The third-order valence-corrected chi connectivity index (χ3v) is 3.84. The van der Waals surface area contributed by atoms with E-state index in [1.807, 2.05) is 0 Å². The molecule has 2 nitrogen and oxygen atoms in total. The highest BCUT2D eigenvalue weighted by molar-refractivity contribution is 5.11. The molecule has 0 aromatic heterocycles. The lowest BCUT2D eigenvalue weighted by molar-refractivity contribution is 0.165. The average Bonchev–Trinajstić information content (AvgIpc) is 2.62. The topological polar surface area (TPSA) is 15.3 Å². The molecule has 1 spiro atoms. The van der Waals surface area contributed by atoms with Crippen LogP contribution in [0.15, 0.2) is 0 Å². The fourth-order valence-corrected chi connectivity index (χ4v) is 2.54. The molecule has 1 N–H and O–H groups in total. The van der Waals surface area contributed by atoms with Gasteiger partial charge in [0, 0.05) is 24.7 Å². The Bertz CT molecular complexity index is 201. The molecular formula is C11H22N2. The van der Waals surface area contributed by atoms with Gasteiger partial charge in [0.15, 0.2) is 0 Å². The molecular weight excluding hydrogens is 160 g/mol. The maximum atomic E-state index is 3.48. The van der Waals surface area contributed by atoms with E-state index in [9.17, 15) is 0 Å². The fourth-order valence-electron chi connectivity index (χ4n) is 2.54. The molecule has 13 heavy (non-hydrogen) atoms. The van der Waals surface area contributed by atoms with Crippen molar-refractivity contribution in [1.29, 1.82) is 0 Å². The molecule has 1 aliphatic heterocycles. The quantitative estimate of drug-likeness (QED) is 0.660. The van der Waals surface area contributed by atoms with E-state index < -0.39 is 0 Å². The molecule has 1 atom stereocenters. The predicted molar refractivity (Wildman–Crippen MR) is 55.8 cm³/mol. The number of likely N-dealkylation sites (tertiary alicyclic amines) is 1. The first-order valence-electron chi connectivity index (χ1n) is 5.40. The van der Waals surface area contributed by atoms with Crippen LogP contribution in [-0.2, 0) is 0 Å². The van der Waals surface area contributed by atoms with Crippen LogP contribution in [0.25, 0.3) is 0 Å². The molecule has 1 aliphatic carbocycles. The van der Waals surface area contributed by atoms with Gasteiger partial charge in [-0.25, -0.2) is 0 Å². The van der Waals surface area contributed by atoms with Crippen LogP contribution >= 0.6 is 0 Å². The summed E-state index contributed by atoms with van der Waals surface area (Å²) in [5.41, 5.74) is 1.00. The maximum Gasteiger partial charge on any atom is 0.0260 e. The first-order chi connectivity index (χ1) is 5.98. The normalized spacial score (nSPS) is 32.8. The van der Waals surface area contributed by atoms with Gasteiger partial charge in [-0.2, -0.15) is 0 Å². The summed E-state index contributed by atoms with van der Waals surface area (Å²) in [6, 6.07) is 0.742. The SMILES string of the molecule is CN[C@H]1CN(C(C)(C)C)CC12CC2. The lowest BCUT2D eigenvalue weighted by Gasteiger charge is -2.31. The van der Waals surface area contributed by atoms with Crippen LogP contribution < -0.4 is 5.32 Å². The van der Waals surface area contributed by atoms with Crippen LogP contribution in [0.4, 0.5) is 0 Å². The Morgan fingerprint density at radius 1 is 1.31 bits per heavy atom. The molecule has 76 valence electrons. The van der Waals surface area contributed by atoms with E-state index >= 15 is 0 Å². The first-order valence-corrected chi connectivity index (χ1v) is 5.40. The molecule has 0 amide bonds. The van der Waals surface area contributed by atoms with Crippen molar-refractivity contribution >= 4 is 0 Å². The fraction of sp³-hybridized carbons (Fsp3) is 1.00. The average molecular weight is 182 g/mol. The van der Waals surface area contributed by atoms with Gasteiger partial charge in [-0.1, -0.05) is 0 Å². The van der Waals surface area contributed by atoms with E-state index in [1.54, 1.807) is 0 Å². The van der Waals surface area contributed by atoms with Gasteiger partial charge in [0.2, 0.25) is 0 Å². The van der Waals surface area contributed by atoms with Gasteiger partial charge in [0.25, 0.3) is 0 Å². The Morgan fingerprint density at radius 3 is 2.23 bits per heavy atom. The van der Waals surface area contributed by atoms with Gasteiger partial charge >= 0.3 is 0 Å². The van der Waals surface area contributed by atoms with Crippen LogP contribution in [0.3, 0.4) is 0 Å². The molecule has 0 radical (unpaired) electrons. The molecule has 1 saturated carbocycles. The Morgan fingerprint density at radius 2 is 1.92 bits per heavy atom. The summed E-state index contributed by atoms with van der Waals surface area (Å²) in [6.07, 6.45) is 2.87. The summed E-state index contributed by atoms with van der Waals surface area (Å²) in [5, 5.41) is 3.48. The van der Waals surface area contributed by atoms with Gasteiger partial charge in [-0.3, -0.25) is 4.90 Å². The minimum absolute atomic E-state index is 0.348. The molecule has 2 aliphatic rings. The van der Waals surface area contributed by atoms with Gasteiger partial charge in [0.1, 0.15) is 0 Å². The molecule has 0 unspecified atom stereocenters. The second kappa shape index (κ2) is 2.71. The molecule has 0 aromatic rings. The van der Waals surface area contributed by atoms with Crippen LogP contribution in [0.5, 0.6) is 0 Å². The third-order valence-electron chi connectivity index (χ3n) is 3.84. The highest BCUT2D eigenvalue weighted by Crippen LogP contribution is 2.53. The van der Waals surface area contributed by atoms with Crippen molar-refractivity contribution in [2.75, 3.05) is 20.1 Å². The molecule has 0 aromatic carbocycles.